The molecule has 1 heterocycles. The van der Waals surface area contributed by atoms with Crippen LogP contribution in [-0.2, 0) is 16.1 Å². The molecule has 1 aromatic carbocycles. The number of carbonyl (C=O) groups excluding carboxylic acids is 1. The molecule has 1 amide bonds. The summed E-state index contributed by atoms with van der Waals surface area (Å²) in [5.74, 6) is 0.108. The minimum atomic E-state index is -0.0955. The fraction of sp³-hybridized carbons (Fsp3) is 0.316. The van der Waals surface area contributed by atoms with Crippen molar-refractivity contribution in [2.45, 2.75) is 31.5 Å². The van der Waals surface area contributed by atoms with E-state index in [1.165, 1.54) is 11.8 Å². The molecule has 2 aromatic rings. The van der Waals surface area contributed by atoms with E-state index in [4.69, 9.17) is 4.74 Å². The van der Waals surface area contributed by atoms with Crippen LogP contribution in [0.1, 0.15) is 35.3 Å². The van der Waals surface area contributed by atoms with Crippen LogP contribution in [0.15, 0.2) is 41.4 Å². The zero-order valence-electron chi connectivity index (χ0n) is 14.6. The Balaban J connectivity index is 2.03. The van der Waals surface area contributed by atoms with Crippen molar-refractivity contribution in [2.75, 3.05) is 12.9 Å². The number of hydrogen-bond acceptors (Lipinski definition) is 5. The third kappa shape index (κ3) is 5.31. The van der Waals surface area contributed by atoms with Crippen molar-refractivity contribution >= 4 is 17.7 Å². The lowest BCUT2D eigenvalue weighted by molar-refractivity contribution is -0.119. The van der Waals surface area contributed by atoms with Gasteiger partial charge in [0.25, 0.3) is 0 Å². The molecule has 1 aromatic heterocycles. The molecule has 0 aliphatic carbocycles. The zero-order chi connectivity index (χ0) is 18.2. The summed E-state index contributed by atoms with van der Waals surface area (Å²) in [7, 11) is 1.59. The largest absolute Gasteiger partial charge is 0.380 e. The second kappa shape index (κ2) is 9.21. The number of nitrogens with one attached hydrogen (secondary N) is 1. The van der Waals surface area contributed by atoms with E-state index in [2.05, 4.69) is 16.4 Å². The Morgan fingerprint density at radius 3 is 2.76 bits per heavy atom. The summed E-state index contributed by atoms with van der Waals surface area (Å²) >= 11 is 1.27. The van der Waals surface area contributed by atoms with E-state index in [0.29, 0.717) is 17.2 Å². The Hall–Kier alpha value is -2.36. The van der Waals surface area contributed by atoms with Crippen LogP contribution in [0.25, 0.3) is 0 Å². The lowest BCUT2D eigenvalue weighted by atomic mass is 10.1. The fourth-order valence-corrected chi connectivity index (χ4v) is 3.33. The van der Waals surface area contributed by atoms with Crippen LogP contribution in [0.2, 0.25) is 0 Å². The average Bonchev–Trinajstić information content (AvgIpc) is 2.60. The number of nitrogens with zero attached hydrogens (tertiary/aromatic N) is 2. The van der Waals surface area contributed by atoms with Crippen LogP contribution >= 0.6 is 11.8 Å². The first-order valence-corrected chi connectivity index (χ1v) is 8.90. The Morgan fingerprint density at radius 2 is 2.12 bits per heavy atom. The summed E-state index contributed by atoms with van der Waals surface area (Å²) in [4.78, 5) is 16.6. The highest BCUT2D eigenvalue weighted by Gasteiger charge is 2.15. The first-order valence-electron chi connectivity index (χ1n) is 7.91. The number of carbonyl (C=O) groups is 1. The predicted molar refractivity (Wildman–Crippen MR) is 98.1 cm³/mol. The molecule has 1 atom stereocenters. The number of amides is 1. The summed E-state index contributed by atoms with van der Waals surface area (Å²) in [5, 5.41) is 12.9. The van der Waals surface area contributed by atoms with E-state index < -0.39 is 0 Å². The Bertz CT molecular complexity index is 772. The number of nitriles is 1. The van der Waals surface area contributed by atoms with Crippen molar-refractivity contribution in [3.05, 3.63) is 58.8 Å². The van der Waals surface area contributed by atoms with Gasteiger partial charge in [0.2, 0.25) is 5.91 Å². The second-order valence-corrected chi connectivity index (χ2v) is 6.60. The summed E-state index contributed by atoms with van der Waals surface area (Å²) in [6.07, 6.45) is 0. The minimum absolute atomic E-state index is 0.0701. The maximum Gasteiger partial charge on any atom is 0.230 e. The van der Waals surface area contributed by atoms with E-state index in [9.17, 15) is 10.1 Å². The molecule has 0 saturated carbocycles. The van der Waals surface area contributed by atoms with Gasteiger partial charge in [-0.05, 0) is 31.0 Å². The smallest absolute Gasteiger partial charge is 0.230 e. The molecule has 0 unspecified atom stereocenters. The van der Waals surface area contributed by atoms with Crippen molar-refractivity contribution in [2.24, 2.45) is 0 Å². The minimum Gasteiger partial charge on any atom is -0.380 e. The number of methoxy groups -OCH3 is 1. The van der Waals surface area contributed by atoms with Crippen LogP contribution in [-0.4, -0.2) is 23.8 Å². The Morgan fingerprint density at radius 1 is 1.40 bits per heavy atom. The van der Waals surface area contributed by atoms with Gasteiger partial charge in [-0.25, -0.2) is 4.98 Å². The average molecular weight is 355 g/mol. The normalized spacial score (nSPS) is 11.6. The highest BCUT2D eigenvalue weighted by atomic mass is 32.2. The first-order chi connectivity index (χ1) is 12.0. The number of thioether (sulfide) groups is 1. The molecule has 5 nitrogen and oxygen atoms in total. The summed E-state index contributed by atoms with van der Waals surface area (Å²) in [6, 6.07) is 13.7. The van der Waals surface area contributed by atoms with E-state index >= 15 is 0 Å². The van der Waals surface area contributed by atoms with Gasteiger partial charge in [-0.3, -0.25) is 4.79 Å². The molecule has 0 aliphatic rings. The number of rotatable bonds is 7. The van der Waals surface area contributed by atoms with Gasteiger partial charge in [-0.15, -0.1) is 0 Å². The van der Waals surface area contributed by atoms with Gasteiger partial charge in [-0.1, -0.05) is 42.1 Å². The molecular weight excluding hydrogens is 334 g/mol. The molecule has 0 radical (unpaired) electrons. The molecule has 0 spiro atoms. The summed E-state index contributed by atoms with van der Waals surface area (Å²) in [5.41, 5.74) is 3.11. The monoisotopic (exact) mass is 355 g/mol. The number of pyridine rings is 1. The van der Waals surface area contributed by atoms with Crippen molar-refractivity contribution in [3.8, 4) is 6.07 Å². The maximum atomic E-state index is 12.2. The highest BCUT2D eigenvalue weighted by Crippen LogP contribution is 2.24. The second-order valence-electron chi connectivity index (χ2n) is 5.64. The van der Waals surface area contributed by atoms with E-state index in [-0.39, 0.29) is 17.7 Å². The molecular formula is C19H21N3O2S. The van der Waals surface area contributed by atoms with Gasteiger partial charge in [0.15, 0.2) is 0 Å². The van der Waals surface area contributed by atoms with Crippen molar-refractivity contribution in [3.63, 3.8) is 0 Å². The van der Waals surface area contributed by atoms with E-state index in [1.54, 1.807) is 7.11 Å². The molecule has 0 aliphatic heterocycles. The number of aryl methyl sites for hydroxylation is 1. The van der Waals surface area contributed by atoms with Gasteiger partial charge in [0, 0.05) is 12.8 Å². The zero-order valence-corrected chi connectivity index (χ0v) is 15.4. The molecule has 0 bridgehead atoms. The predicted octanol–water partition coefficient (Wildman–Crippen LogP) is 3.38. The summed E-state index contributed by atoms with van der Waals surface area (Å²) in [6.45, 7) is 4.15. The molecule has 1 N–H and O–H groups in total. The van der Waals surface area contributed by atoms with Crippen LogP contribution in [0.4, 0.5) is 0 Å². The summed E-state index contributed by atoms with van der Waals surface area (Å²) < 4.78 is 5.14. The van der Waals surface area contributed by atoms with Crippen molar-refractivity contribution in [1.82, 2.24) is 10.3 Å². The first kappa shape index (κ1) is 19.0. The third-order valence-electron chi connectivity index (χ3n) is 3.62. The number of hydrogen-bond donors (Lipinski definition) is 1. The molecule has 0 saturated heterocycles. The number of benzene rings is 1. The molecule has 6 heteroatoms. The van der Waals surface area contributed by atoms with Crippen molar-refractivity contribution in [1.29, 1.82) is 5.26 Å². The molecule has 25 heavy (non-hydrogen) atoms. The van der Waals surface area contributed by atoms with Crippen LogP contribution in [0.3, 0.4) is 0 Å². The fourth-order valence-electron chi connectivity index (χ4n) is 2.45. The molecule has 2 rings (SSSR count). The van der Waals surface area contributed by atoms with Crippen LogP contribution < -0.4 is 5.32 Å². The number of ether oxygens (including phenoxy) is 1. The lowest BCUT2D eigenvalue weighted by Gasteiger charge is -2.14. The topological polar surface area (TPSA) is 75.0 Å². The van der Waals surface area contributed by atoms with Gasteiger partial charge >= 0.3 is 0 Å². The van der Waals surface area contributed by atoms with Crippen LogP contribution in [0, 0.1) is 18.3 Å². The maximum absolute atomic E-state index is 12.2. The molecule has 0 fully saturated rings. The molecule has 130 valence electrons. The third-order valence-corrected chi connectivity index (χ3v) is 4.60. The number of aromatic nitrogens is 1. The Kier molecular flexibility index (Phi) is 6.99. The van der Waals surface area contributed by atoms with Gasteiger partial charge in [0.05, 0.1) is 24.0 Å². The highest BCUT2D eigenvalue weighted by molar-refractivity contribution is 8.00. The SMILES string of the molecule is COCc1cc(C)nc(SCC(=O)N[C@@H](C)c2ccccc2)c1C#N. The van der Waals surface area contributed by atoms with Gasteiger partial charge in [-0.2, -0.15) is 5.26 Å². The standard InChI is InChI=1S/C19H21N3O2S/c1-13-9-16(11-24-3)17(10-20)19(21-13)25-12-18(23)22-14(2)15-7-5-4-6-8-15/h4-9,14H,11-12H2,1-3H3,(H,22,23)/t14-/m0/s1. The lowest BCUT2D eigenvalue weighted by Crippen LogP contribution is -2.28. The quantitative estimate of drug-likeness (QED) is 0.771. The Labute approximate surface area is 152 Å². The van der Waals surface area contributed by atoms with E-state index in [1.807, 2.05) is 50.2 Å². The van der Waals surface area contributed by atoms with E-state index in [0.717, 1.165) is 16.8 Å². The van der Waals surface area contributed by atoms with Gasteiger partial charge < -0.3 is 10.1 Å². The van der Waals surface area contributed by atoms with Crippen LogP contribution in [0.5, 0.6) is 0 Å². The van der Waals surface area contributed by atoms with Gasteiger partial charge in [0.1, 0.15) is 11.1 Å². The van der Waals surface area contributed by atoms with Crippen molar-refractivity contribution < 1.29 is 9.53 Å².